The number of amides is 1. The van der Waals surface area contributed by atoms with Crippen LogP contribution in [0.25, 0.3) is 0 Å². The third-order valence-electron chi connectivity index (χ3n) is 3.28. The Hall–Kier alpha value is -1.85. The van der Waals surface area contributed by atoms with E-state index in [0.717, 1.165) is 11.4 Å². The number of carboxylic acid groups (broad SMARTS) is 1. The van der Waals surface area contributed by atoms with Gasteiger partial charge in [0.1, 0.15) is 6.04 Å². The molecule has 0 bridgehead atoms. The summed E-state index contributed by atoms with van der Waals surface area (Å²) in [5, 5.41) is 16.1. The molecule has 0 aliphatic rings. The molecule has 0 aliphatic carbocycles. The highest BCUT2D eigenvalue weighted by Gasteiger charge is 2.22. The lowest BCUT2D eigenvalue weighted by molar-refractivity contribution is -0.142. The predicted molar refractivity (Wildman–Crippen MR) is 80.1 cm³/mol. The zero-order chi connectivity index (χ0) is 16.2. The van der Waals surface area contributed by atoms with E-state index in [9.17, 15) is 9.59 Å². The van der Waals surface area contributed by atoms with Gasteiger partial charge in [0.25, 0.3) is 0 Å². The molecule has 1 amide bonds. The van der Waals surface area contributed by atoms with Crippen molar-refractivity contribution in [1.29, 1.82) is 0 Å². The van der Waals surface area contributed by atoms with Crippen LogP contribution in [0.15, 0.2) is 6.07 Å². The zero-order valence-electron chi connectivity index (χ0n) is 13.4. The van der Waals surface area contributed by atoms with Gasteiger partial charge in [-0.25, -0.2) is 4.79 Å². The molecule has 1 aromatic rings. The highest BCUT2D eigenvalue weighted by Crippen LogP contribution is 2.14. The van der Waals surface area contributed by atoms with Crippen molar-refractivity contribution in [3.63, 3.8) is 0 Å². The minimum absolute atomic E-state index is 0.104. The minimum atomic E-state index is -0.990. The number of carboxylic acids is 1. The molecular formula is C15H25N3O3. The summed E-state index contributed by atoms with van der Waals surface area (Å²) in [4.78, 5) is 23.2. The SMILES string of the molecule is Cc1cc(C)n(C(C)CC(=O)NC(CC(C)C)C(=O)O)n1. The maximum Gasteiger partial charge on any atom is 0.326 e. The van der Waals surface area contributed by atoms with Crippen molar-refractivity contribution >= 4 is 11.9 Å². The van der Waals surface area contributed by atoms with Crippen LogP contribution in [0.4, 0.5) is 0 Å². The number of carbonyl (C=O) groups is 2. The van der Waals surface area contributed by atoms with E-state index in [2.05, 4.69) is 10.4 Å². The Morgan fingerprint density at radius 3 is 2.38 bits per heavy atom. The summed E-state index contributed by atoms with van der Waals surface area (Å²) in [6, 6.07) is 1.02. The van der Waals surface area contributed by atoms with Gasteiger partial charge < -0.3 is 10.4 Å². The molecular weight excluding hydrogens is 270 g/mol. The number of hydrogen-bond acceptors (Lipinski definition) is 3. The fourth-order valence-electron chi connectivity index (χ4n) is 2.39. The number of hydrogen-bond donors (Lipinski definition) is 2. The molecule has 1 aromatic heterocycles. The average Bonchev–Trinajstić information content (AvgIpc) is 2.66. The molecule has 2 N–H and O–H groups in total. The third-order valence-corrected chi connectivity index (χ3v) is 3.28. The van der Waals surface area contributed by atoms with Crippen molar-refractivity contribution < 1.29 is 14.7 Å². The first-order valence-electron chi connectivity index (χ1n) is 7.25. The molecule has 0 spiro atoms. The molecule has 1 rings (SSSR count). The minimum Gasteiger partial charge on any atom is -0.480 e. The molecule has 21 heavy (non-hydrogen) atoms. The summed E-state index contributed by atoms with van der Waals surface area (Å²) in [6.07, 6.45) is 0.638. The second-order valence-electron chi connectivity index (χ2n) is 6.01. The smallest absolute Gasteiger partial charge is 0.326 e. The number of aromatic nitrogens is 2. The van der Waals surface area contributed by atoms with Gasteiger partial charge in [-0.05, 0) is 39.2 Å². The van der Waals surface area contributed by atoms with Crippen molar-refractivity contribution in [3.8, 4) is 0 Å². The maximum atomic E-state index is 12.0. The topological polar surface area (TPSA) is 84.2 Å². The Bertz CT molecular complexity index is 508. The molecule has 2 unspecified atom stereocenters. The van der Waals surface area contributed by atoms with Gasteiger partial charge in [0.05, 0.1) is 11.7 Å². The van der Waals surface area contributed by atoms with E-state index in [1.54, 1.807) is 4.68 Å². The summed E-state index contributed by atoms with van der Waals surface area (Å²) in [7, 11) is 0. The summed E-state index contributed by atoms with van der Waals surface area (Å²) in [5.74, 6) is -1.04. The largest absolute Gasteiger partial charge is 0.480 e. The molecule has 6 nitrogen and oxygen atoms in total. The maximum absolute atomic E-state index is 12.0. The monoisotopic (exact) mass is 295 g/mol. The Balaban J connectivity index is 2.63. The quantitative estimate of drug-likeness (QED) is 0.806. The first-order valence-corrected chi connectivity index (χ1v) is 7.25. The number of nitrogens with one attached hydrogen (secondary N) is 1. The van der Waals surface area contributed by atoms with Crippen LogP contribution >= 0.6 is 0 Å². The van der Waals surface area contributed by atoms with E-state index in [1.807, 2.05) is 40.7 Å². The normalized spacial score (nSPS) is 14.0. The van der Waals surface area contributed by atoms with Crippen molar-refractivity contribution in [2.45, 2.75) is 59.5 Å². The fourth-order valence-corrected chi connectivity index (χ4v) is 2.39. The predicted octanol–water partition coefficient (Wildman–Crippen LogP) is 2.07. The van der Waals surface area contributed by atoms with Gasteiger partial charge in [0.15, 0.2) is 0 Å². The second kappa shape index (κ2) is 7.24. The number of nitrogens with zero attached hydrogens (tertiary/aromatic N) is 2. The van der Waals surface area contributed by atoms with Gasteiger partial charge in [-0.2, -0.15) is 5.10 Å². The molecule has 0 aliphatic heterocycles. The van der Waals surface area contributed by atoms with Gasteiger partial charge in [-0.1, -0.05) is 13.8 Å². The lowest BCUT2D eigenvalue weighted by Crippen LogP contribution is -2.42. The van der Waals surface area contributed by atoms with Gasteiger partial charge in [0.2, 0.25) is 5.91 Å². The van der Waals surface area contributed by atoms with E-state index in [-0.39, 0.29) is 24.3 Å². The molecule has 0 fully saturated rings. The van der Waals surface area contributed by atoms with E-state index in [0.29, 0.717) is 6.42 Å². The van der Waals surface area contributed by atoms with Gasteiger partial charge in [-0.15, -0.1) is 0 Å². The Morgan fingerprint density at radius 1 is 1.33 bits per heavy atom. The summed E-state index contributed by atoms with van der Waals surface area (Å²) >= 11 is 0. The summed E-state index contributed by atoms with van der Waals surface area (Å²) < 4.78 is 1.80. The van der Waals surface area contributed by atoms with Gasteiger partial charge >= 0.3 is 5.97 Å². The molecule has 2 atom stereocenters. The molecule has 1 heterocycles. The number of carbonyl (C=O) groups excluding carboxylic acids is 1. The van der Waals surface area contributed by atoms with Crippen LogP contribution in [0.2, 0.25) is 0 Å². The molecule has 0 aromatic carbocycles. The van der Waals surface area contributed by atoms with E-state index < -0.39 is 12.0 Å². The second-order valence-corrected chi connectivity index (χ2v) is 6.01. The van der Waals surface area contributed by atoms with Crippen LogP contribution in [0.3, 0.4) is 0 Å². The Kier molecular flexibility index (Phi) is 5.93. The van der Waals surface area contributed by atoms with Crippen molar-refractivity contribution in [3.05, 3.63) is 17.5 Å². The molecule has 0 saturated heterocycles. The van der Waals surface area contributed by atoms with Crippen LogP contribution in [0.5, 0.6) is 0 Å². The Morgan fingerprint density at radius 2 is 1.95 bits per heavy atom. The van der Waals surface area contributed by atoms with Crippen molar-refractivity contribution in [1.82, 2.24) is 15.1 Å². The number of aryl methyl sites for hydroxylation is 2. The van der Waals surface area contributed by atoms with Crippen LogP contribution < -0.4 is 5.32 Å². The fraction of sp³-hybridized carbons (Fsp3) is 0.667. The van der Waals surface area contributed by atoms with Gasteiger partial charge in [0, 0.05) is 12.1 Å². The van der Waals surface area contributed by atoms with E-state index >= 15 is 0 Å². The molecule has 118 valence electrons. The van der Waals surface area contributed by atoms with Crippen LogP contribution in [0, 0.1) is 19.8 Å². The van der Waals surface area contributed by atoms with E-state index in [4.69, 9.17) is 5.11 Å². The average molecular weight is 295 g/mol. The highest BCUT2D eigenvalue weighted by atomic mass is 16.4. The van der Waals surface area contributed by atoms with Gasteiger partial charge in [-0.3, -0.25) is 9.48 Å². The Labute approximate surface area is 125 Å². The summed E-state index contributed by atoms with van der Waals surface area (Å²) in [5.41, 5.74) is 1.90. The lowest BCUT2D eigenvalue weighted by atomic mass is 10.0. The first-order chi connectivity index (χ1) is 9.70. The third kappa shape index (κ3) is 5.21. The zero-order valence-corrected chi connectivity index (χ0v) is 13.4. The van der Waals surface area contributed by atoms with Crippen LogP contribution in [0.1, 0.15) is 51.0 Å². The number of rotatable bonds is 7. The number of aliphatic carboxylic acids is 1. The van der Waals surface area contributed by atoms with Crippen molar-refractivity contribution in [2.24, 2.45) is 5.92 Å². The van der Waals surface area contributed by atoms with Crippen LogP contribution in [-0.4, -0.2) is 32.8 Å². The van der Waals surface area contributed by atoms with E-state index in [1.165, 1.54) is 0 Å². The lowest BCUT2D eigenvalue weighted by Gasteiger charge is -2.19. The molecule has 0 saturated carbocycles. The standard InChI is InChI=1S/C15H25N3O3/c1-9(2)6-13(15(20)21)16-14(19)8-12(5)18-11(4)7-10(3)17-18/h7,9,12-13H,6,8H2,1-5H3,(H,16,19)(H,20,21). The summed E-state index contributed by atoms with van der Waals surface area (Å²) in [6.45, 7) is 9.60. The highest BCUT2D eigenvalue weighted by molar-refractivity contribution is 5.83. The molecule has 6 heteroatoms. The van der Waals surface area contributed by atoms with Crippen LogP contribution in [-0.2, 0) is 9.59 Å². The first kappa shape index (κ1) is 17.2. The molecule has 0 radical (unpaired) electrons. The van der Waals surface area contributed by atoms with Crippen molar-refractivity contribution in [2.75, 3.05) is 0 Å².